The molecule has 8 heteroatoms. The summed E-state index contributed by atoms with van der Waals surface area (Å²) in [6.45, 7) is 2.45. The van der Waals surface area contributed by atoms with Gasteiger partial charge < -0.3 is 10.2 Å². The van der Waals surface area contributed by atoms with Gasteiger partial charge in [0.05, 0.1) is 11.4 Å². The van der Waals surface area contributed by atoms with Crippen molar-refractivity contribution in [3.05, 3.63) is 64.1 Å². The van der Waals surface area contributed by atoms with Crippen LogP contribution in [0.2, 0.25) is 5.02 Å². The highest BCUT2D eigenvalue weighted by Crippen LogP contribution is 2.33. The summed E-state index contributed by atoms with van der Waals surface area (Å²) in [6, 6.07) is 13.4. The number of aromatic nitrogens is 2. The number of hydrogen-bond acceptors (Lipinski definition) is 4. The molecule has 5 rings (SSSR count). The monoisotopic (exact) mass is 482 g/mol. The third kappa shape index (κ3) is 4.32. The van der Waals surface area contributed by atoms with E-state index in [9.17, 15) is 9.59 Å². The van der Waals surface area contributed by atoms with Gasteiger partial charge in [0.25, 0.3) is 5.91 Å². The smallest absolute Gasteiger partial charge is 0.273 e. The first kappa shape index (κ1) is 22.2. The summed E-state index contributed by atoms with van der Waals surface area (Å²) in [6.07, 6.45) is 5.44. The highest BCUT2D eigenvalue weighted by atomic mass is 35.5. The maximum Gasteiger partial charge on any atom is 0.273 e. The van der Waals surface area contributed by atoms with Crippen LogP contribution in [0.25, 0.3) is 10.6 Å². The van der Waals surface area contributed by atoms with Crippen molar-refractivity contribution in [2.75, 3.05) is 0 Å². The van der Waals surface area contributed by atoms with Crippen LogP contribution >= 0.6 is 22.9 Å². The molecule has 0 radical (unpaired) electrons. The normalized spacial score (nSPS) is 21.2. The molecule has 1 aliphatic carbocycles. The average molecular weight is 483 g/mol. The van der Waals surface area contributed by atoms with Crippen molar-refractivity contribution >= 4 is 34.8 Å². The molecule has 1 fully saturated rings. The van der Waals surface area contributed by atoms with Gasteiger partial charge >= 0.3 is 0 Å². The fraction of sp³-hybridized carbons (Fsp3) is 0.400. The van der Waals surface area contributed by atoms with Crippen LogP contribution in [0.15, 0.2) is 47.8 Å². The molecule has 172 valence electrons. The Bertz CT molecular complexity index is 1170. The number of carbonyl (C=O) groups is 2. The maximum absolute atomic E-state index is 13.8. The van der Waals surface area contributed by atoms with Gasteiger partial charge in [-0.3, -0.25) is 14.3 Å². The highest BCUT2D eigenvalue weighted by Gasteiger charge is 2.48. The van der Waals surface area contributed by atoms with E-state index >= 15 is 0 Å². The lowest BCUT2D eigenvalue weighted by Crippen LogP contribution is -2.64. The van der Waals surface area contributed by atoms with E-state index in [1.807, 2.05) is 48.7 Å². The Hall–Kier alpha value is -2.64. The molecule has 1 N–H and O–H groups in total. The number of benzene rings is 1. The Balaban J connectivity index is 1.51. The van der Waals surface area contributed by atoms with Gasteiger partial charge in [-0.1, -0.05) is 49.1 Å². The SMILES string of the molecule is CC1(C(=O)NC2CCCCC2)Cn2nc(-c3cccs3)cc2C(=O)N1Cc1cccc(Cl)c1. The molecule has 0 spiro atoms. The average Bonchev–Trinajstić information content (AvgIpc) is 3.47. The van der Waals surface area contributed by atoms with Crippen molar-refractivity contribution < 1.29 is 9.59 Å². The summed E-state index contributed by atoms with van der Waals surface area (Å²) < 4.78 is 1.70. The van der Waals surface area contributed by atoms with Crippen LogP contribution in [-0.2, 0) is 17.9 Å². The predicted octanol–water partition coefficient (Wildman–Crippen LogP) is 5.13. The summed E-state index contributed by atoms with van der Waals surface area (Å²) in [5.74, 6) is -0.318. The molecule has 3 aromatic rings. The minimum Gasteiger partial charge on any atom is -0.351 e. The van der Waals surface area contributed by atoms with Crippen LogP contribution < -0.4 is 5.32 Å². The van der Waals surface area contributed by atoms with Crippen LogP contribution in [0.1, 0.15) is 55.1 Å². The van der Waals surface area contributed by atoms with Crippen molar-refractivity contribution in [1.82, 2.24) is 20.0 Å². The molecule has 2 aliphatic rings. The number of thiophene rings is 1. The van der Waals surface area contributed by atoms with Crippen LogP contribution in [0.4, 0.5) is 0 Å². The number of nitrogens with zero attached hydrogens (tertiary/aromatic N) is 3. The van der Waals surface area contributed by atoms with Gasteiger partial charge in [-0.25, -0.2) is 0 Å². The molecule has 1 saturated carbocycles. The number of hydrogen-bond donors (Lipinski definition) is 1. The number of carbonyl (C=O) groups excluding carboxylic acids is 2. The Kier molecular flexibility index (Phi) is 6.01. The Labute approximate surface area is 202 Å². The lowest BCUT2D eigenvalue weighted by molar-refractivity contribution is -0.134. The minimum absolute atomic E-state index is 0.122. The molecule has 6 nitrogen and oxygen atoms in total. The van der Waals surface area contributed by atoms with Gasteiger partial charge in [-0.15, -0.1) is 11.3 Å². The van der Waals surface area contributed by atoms with Gasteiger partial charge in [-0.05, 0) is 55.0 Å². The summed E-state index contributed by atoms with van der Waals surface area (Å²) in [4.78, 5) is 30.1. The van der Waals surface area contributed by atoms with Crippen molar-refractivity contribution in [2.45, 2.75) is 63.7 Å². The highest BCUT2D eigenvalue weighted by molar-refractivity contribution is 7.13. The van der Waals surface area contributed by atoms with Crippen molar-refractivity contribution in [3.63, 3.8) is 0 Å². The van der Waals surface area contributed by atoms with E-state index in [1.54, 1.807) is 27.0 Å². The number of nitrogens with one attached hydrogen (secondary N) is 1. The zero-order chi connectivity index (χ0) is 23.0. The molecule has 1 aliphatic heterocycles. The van der Waals surface area contributed by atoms with E-state index in [0.29, 0.717) is 23.8 Å². The molecule has 1 aromatic carbocycles. The number of rotatable bonds is 5. The fourth-order valence-electron chi connectivity index (χ4n) is 4.84. The molecular weight excluding hydrogens is 456 g/mol. The van der Waals surface area contributed by atoms with Gasteiger partial charge in [0.1, 0.15) is 16.9 Å². The predicted molar refractivity (Wildman–Crippen MR) is 130 cm³/mol. The molecule has 0 saturated heterocycles. The molecule has 1 unspecified atom stereocenters. The van der Waals surface area contributed by atoms with Gasteiger partial charge in [0.15, 0.2) is 0 Å². The molecular formula is C25H27ClN4O2S. The summed E-state index contributed by atoms with van der Waals surface area (Å²) >= 11 is 7.79. The van der Waals surface area contributed by atoms with Gasteiger partial charge in [-0.2, -0.15) is 5.10 Å². The Morgan fingerprint density at radius 2 is 2.03 bits per heavy atom. The topological polar surface area (TPSA) is 67.2 Å². The van der Waals surface area contributed by atoms with Crippen molar-refractivity contribution in [3.8, 4) is 10.6 Å². The zero-order valence-corrected chi connectivity index (χ0v) is 20.2. The Morgan fingerprint density at radius 3 is 2.76 bits per heavy atom. The van der Waals surface area contributed by atoms with E-state index < -0.39 is 5.54 Å². The number of fused-ring (bicyclic) bond motifs is 1. The molecule has 0 bridgehead atoms. The fourth-order valence-corrected chi connectivity index (χ4v) is 5.73. The largest absolute Gasteiger partial charge is 0.351 e. The second-order valence-corrected chi connectivity index (χ2v) is 10.5. The summed E-state index contributed by atoms with van der Waals surface area (Å²) in [5.41, 5.74) is 1.08. The lowest BCUT2D eigenvalue weighted by atomic mass is 9.91. The van der Waals surface area contributed by atoms with Crippen LogP contribution in [0, 0.1) is 0 Å². The number of halogens is 1. The van der Waals surface area contributed by atoms with E-state index in [2.05, 4.69) is 5.32 Å². The van der Waals surface area contributed by atoms with Crippen LogP contribution in [0.3, 0.4) is 0 Å². The Morgan fingerprint density at radius 1 is 1.21 bits per heavy atom. The van der Waals surface area contributed by atoms with Gasteiger partial charge in [0, 0.05) is 17.6 Å². The maximum atomic E-state index is 13.8. The summed E-state index contributed by atoms with van der Waals surface area (Å²) in [5, 5.41) is 10.5. The quantitative estimate of drug-likeness (QED) is 0.548. The first-order valence-corrected chi connectivity index (χ1v) is 12.7. The van der Waals surface area contributed by atoms with E-state index in [0.717, 1.165) is 41.8 Å². The van der Waals surface area contributed by atoms with Crippen molar-refractivity contribution in [2.24, 2.45) is 0 Å². The third-order valence-corrected chi connectivity index (χ3v) is 7.86. The minimum atomic E-state index is -1.07. The first-order valence-electron chi connectivity index (χ1n) is 11.4. The van der Waals surface area contributed by atoms with Crippen LogP contribution in [0.5, 0.6) is 0 Å². The second kappa shape index (κ2) is 8.95. The van der Waals surface area contributed by atoms with E-state index in [4.69, 9.17) is 16.7 Å². The third-order valence-electron chi connectivity index (χ3n) is 6.73. The molecule has 33 heavy (non-hydrogen) atoms. The first-order chi connectivity index (χ1) is 15.9. The van der Waals surface area contributed by atoms with Gasteiger partial charge in [0.2, 0.25) is 5.91 Å². The zero-order valence-electron chi connectivity index (χ0n) is 18.6. The molecule has 3 heterocycles. The van der Waals surface area contributed by atoms with Crippen LogP contribution in [-0.4, -0.2) is 38.1 Å². The molecule has 2 aromatic heterocycles. The van der Waals surface area contributed by atoms with E-state index in [-0.39, 0.29) is 17.9 Å². The lowest BCUT2D eigenvalue weighted by Gasteiger charge is -2.44. The molecule has 2 amide bonds. The standard InChI is InChI=1S/C25H27ClN4O2S/c1-25(24(32)27-19-9-3-2-4-10-19)16-30-21(14-20(28-30)22-11-6-12-33-22)23(31)29(25)15-17-7-5-8-18(26)13-17/h5-8,11-14,19H,2-4,9-10,15-16H2,1H3,(H,27,32). The number of amides is 2. The second-order valence-electron chi connectivity index (χ2n) is 9.15. The van der Waals surface area contributed by atoms with E-state index in [1.165, 1.54) is 6.42 Å². The van der Waals surface area contributed by atoms with Crippen molar-refractivity contribution in [1.29, 1.82) is 0 Å². The summed E-state index contributed by atoms with van der Waals surface area (Å²) in [7, 11) is 0. The molecule has 1 atom stereocenters.